The first-order valence-corrected chi connectivity index (χ1v) is 8.42. The molecule has 1 unspecified atom stereocenters. The second-order valence-corrected chi connectivity index (χ2v) is 6.13. The Labute approximate surface area is 127 Å². The van der Waals surface area contributed by atoms with Crippen LogP contribution >= 0.6 is 0 Å². The normalized spacial score (nSPS) is 33.3. The fraction of sp³-hybridized carbons (Fsp3) is 1.00. The third-order valence-electron chi connectivity index (χ3n) is 4.33. The standard InChI is InChI=1S/C16H32O5/c1-2-3-4-5-6-7-8-9-10-12-14(18)16(20)15(19)13(11-17)21-12/h12-20H,2-11H2,1H3/t12?,13-,14+,15+,16-/m1/s1. The number of unbranched alkanes of at least 4 members (excludes halogenated alkanes) is 7. The molecule has 1 heterocycles. The van der Waals surface area contributed by atoms with Gasteiger partial charge in [-0.2, -0.15) is 0 Å². The summed E-state index contributed by atoms with van der Waals surface area (Å²) in [6, 6.07) is 0. The van der Waals surface area contributed by atoms with Gasteiger partial charge in [-0.1, -0.05) is 58.3 Å². The van der Waals surface area contributed by atoms with Crippen molar-refractivity contribution in [3.05, 3.63) is 0 Å². The average molecular weight is 304 g/mol. The Balaban J connectivity index is 2.16. The van der Waals surface area contributed by atoms with Crippen LogP contribution in [0.25, 0.3) is 0 Å². The van der Waals surface area contributed by atoms with Crippen LogP contribution in [0.5, 0.6) is 0 Å². The number of ether oxygens (including phenoxy) is 1. The molecule has 0 aliphatic carbocycles. The van der Waals surface area contributed by atoms with Crippen LogP contribution in [0.4, 0.5) is 0 Å². The lowest BCUT2D eigenvalue weighted by atomic mass is 9.92. The van der Waals surface area contributed by atoms with Gasteiger partial charge in [0.05, 0.1) is 12.7 Å². The third kappa shape index (κ3) is 6.20. The molecule has 1 aliphatic rings. The summed E-state index contributed by atoms with van der Waals surface area (Å²) in [6.07, 6.45) is 5.41. The van der Waals surface area contributed by atoms with Crippen LogP contribution in [0.2, 0.25) is 0 Å². The molecule has 1 saturated heterocycles. The zero-order valence-electron chi connectivity index (χ0n) is 13.2. The van der Waals surface area contributed by atoms with Crippen molar-refractivity contribution < 1.29 is 25.2 Å². The first-order valence-electron chi connectivity index (χ1n) is 8.42. The van der Waals surface area contributed by atoms with Gasteiger partial charge in [0.25, 0.3) is 0 Å². The van der Waals surface area contributed by atoms with E-state index in [-0.39, 0.29) is 6.61 Å². The molecule has 1 aliphatic heterocycles. The molecule has 5 heteroatoms. The SMILES string of the molecule is CCCCCCCCCCC1O[C@H](CO)[C@H](O)[C@H](O)[C@H]1O. The molecule has 126 valence electrons. The molecule has 5 nitrogen and oxygen atoms in total. The molecule has 0 aromatic rings. The molecule has 1 rings (SSSR count). The fourth-order valence-electron chi connectivity index (χ4n) is 2.90. The minimum Gasteiger partial charge on any atom is -0.394 e. The van der Waals surface area contributed by atoms with Crippen molar-refractivity contribution in [1.82, 2.24) is 0 Å². The smallest absolute Gasteiger partial charge is 0.111 e. The van der Waals surface area contributed by atoms with Gasteiger partial charge in [0, 0.05) is 0 Å². The van der Waals surface area contributed by atoms with Gasteiger partial charge in [-0.25, -0.2) is 0 Å². The molecule has 5 atom stereocenters. The molecule has 0 bridgehead atoms. The second-order valence-electron chi connectivity index (χ2n) is 6.13. The van der Waals surface area contributed by atoms with Gasteiger partial charge in [0.1, 0.15) is 24.4 Å². The van der Waals surface area contributed by atoms with Crippen molar-refractivity contribution in [2.24, 2.45) is 0 Å². The van der Waals surface area contributed by atoms with E-state index in [0.717, 1.165) is 12.8 Å². The van der Waals surface area contributed by atoms with E-state index in [1.807, 2.05) is 0 Å². The predicted molar refractivity (Wildman–Crippen MR) is 81.0 cm³/mol. The number of hydrogen-bond donors (Lipinski definition) is 4. The van der Waals surface area contributed by atoms with Crippen LogP contribution in [0.3, 0.4) is 0 Å². The third-order valence-corrected chi connectivity index (χ3v) is 4.33. The monoisotopic (exact) mass is 304 g/mol. The van der Waals surface area contributed by atoms with Crippen LogP contribution in [-0.4, -0.2) is 57.6 Å². The van der Waals surface area contributed by atoms with Crippen molar-refractivity contribution in [2.45, 2.75) is 95.2 Å². The highest BCUT2D eigenvalue weighted by atomic mass is 16.5. The first-order chi connectivity index (χ1) is 10.1. The molecule has 0 saturated carbocycles. The van der Waals surface area contributed by atoms with Crippen LogP contribution in [0, 0.1) is 0 Å². The van der Waals surface area contributed by atoms with E-state index >= 15 is 0 Å². The lowest BCUT2D eigenvalue weighted by Crippen LogP contribution is -2.58. The maximum absolute atomic E-state index is 9.90. The highest BCUT2D eigenvalue weighted by Crippen LogP contribution is 2.24. The summed E-state index contributed by atoms with van der Waals surface area (Å²) >= 11 is 0. The Kier molecular flexibility index (Phi) is 9.44. The van der Waals surface area contributed by atoms with E-state index < -0.39 is 30.5 Å². The zero-order chi connectivity index (χ0) is 15.7. The van der Waals surface area contributed by atoms with Crippen LogP contribution < -0.4 is 0 Å². The topological polar surface area (TPSA) is 90.2 Å². The number of rotatable bonds is 10. The van der Waals surface area contributed by atoms with Crippen molar-refractivity contribution in [3.8, 4) is 0 Å². The van der Waals surface area contributed by atoms with Crippen LogP contribution in [0.1, 0.15) is 64.7 Å². The van der Waals surface area contributed by atoms with Crippen molar-refractivity contribution in [2.75, 3.05) is 6.61 Å². The molecule has 0 amide bonds. The minimum absolute atomic E-state index is 0.348. The lowest BCUT2D eigenvalue weighted by molar-refractivity contribution is -0.230. The highest BCUT2D eigenvalue weighted by molar-refractivity contribution is 4.91. The summed E-state index contributed by atoms with van der Waals surface area (Å²) in [6.45, 7) is 1.86. The Morgan fingerprint density at radius 1 is 0.714 bits per heavy atom. The second kappa shape index (κ2) is 10.5. The molecule has 21 heavy (non-hydrogen) atoms. The van der Waals surface area contributed by atoms with Gasteiger partial charge < -0.3 is 25.2 Å². The van der Waals surface area contributed by atoms with E-state index in [9.17, 15) is 15.3 Å². The molecular formula is C16H32O5. The Morgan fingerprint density at radius 3 is 1.81 bits per heavy atom. The summed E-state index contributed by atoms with van der Waals surface area (Å²) in [5, 5.41) is 38.4. The van der Waals surface area contributed by atoms with Crippen molar-refractivity contribution in [3.63, 3.8) is 0 Å². The summed E-state index contributed by atoms with van der Waals surface area (Å²) in [4.78, 5) is 0. The number of aliphatic hydroxyl groups is 4. The van der Waals surface area contributed by atoms with E-state index in [0.29, 0.717) is 6.42 Å². The van der Waals surface area contributed by atoms with Gasteiger partial charge in [0.15, 0.2) is 0 Å². The van der Waals surface area contributed by atoms with Gasteiger partial charge in [0.2, 0.25) is 0 Å². The maximum Gasteiger partial charge on any atom is 0.111 e. The van der Waals surface area contributed by atoms with E-state index in [2.05, 4.69) is 6.92 Å². The Morgan fingerprint density at radius 2 is 1.24 bits per heavy atom. The molecular weight excluding hydrogens is 272 g/mol. The molecule has 1 fully saturated rings. The number of aliphatic hydroxyl groups excluding tert-OH is 4. The largest absolute Gasteiger partial charge is 0.394 e. The zero-order valence-corrected chi connectivity index (χ0v) is 13.2. The van der Waals surface area contributed by atoms with Gasteiger partial charge in [-0.05, 0) is 6.42 Å². The quantitative estimate of drug-likeness (QED) is 0.458. The molecule has 0 aromatic carbocycles. The highest BCUT2D eigenvalue weighted by Gasteiger charge is 2.42. The lowest BCUT2D eigenvalue weighted by Gasteiger charge is -2.40. The van der Waals surface area contributed by atoms with E-state index in [1.54, 1.807) is 0 Å². The first kappa shape index (κ1) is 18.8. The maximum atomic E-state index is 9.90. The average Bonchev–Trinajstić information content (AvgIpc) is 2.49. The Bertz CT molecular complexity index is 259. The van der Waals surface area contributed by atoms with E-state index in [4.69, 9.17) is 9.84 Å². The van der Waals surface area contributed by atoms with Gasteiger partial charge >= 0.3 is 0 Å². The fourth-order valence-corrected chi connectivity index (χ4v) is 2.90. The molecule has 0 aromatic heterocycles. The molecule has 0 radical (unpaired) electrons. The minimum atomic E-state index is -1.24. The number of hydrogen-bond acceptors (Lipinski definition) is 5. The summed E-state index contributed by atoms with van der Waals surface area (Å²) < 4.78 is 5.48. The van der Waals surface area contributed by atoms with Crippen LogP contribution in [0.15, 0.2) is 0 Å². The van der Waals surface area contributed by atoms with Crippen molar-refractivity contribution >= 4 is 0 Å². The summed E-state index contributed by atoms with van der Waals surface area (Å²) in [5.41, 5.74) is 0. The molecule has 4 N–H and O–H groups in total. The van der Waals surface area contributed by atoms with Crippen LogP contribution in [-0.2, 0) is 4.74 Å². The predicted octanol–water partition coefficient (Wildman–Crippen LogP) is 1.36. The van der Waals surface area contributed by atoms with E-state index in [1.165, 1.54) is 38.5 Å². The summed E-state index contributed by atoms with van der Waals surface area (Å²) in [5.74, 6) is 0. The summed E-state index contributed by atoms with van der Waals surface area (Å²) in [7, 11) is 0. The van der Waals surface area contributed by atoms with Gasteiger partial charge in [-0.3, -0.25) is 0 Å². The molecule has 0 spiro atoms. The Hall–Kier alpha value is -0.200. The van der Waals surface area contributed by atoms with Gasteiger partial charge in [-0.15, -0.1) is 0 Å². The van der Waals surface area contributed by atoms with Crippen molar-refractivity contribution in [1.29, 1.82) is 0 Å².